The first kappa shape index (κ1) is 14.4. The first-order chi connectivity index (χ1) is 8.42. The highest BCUT2D eigenvalue weighted by Gasteiger charge is 2.26. The van der Waals surface area contributed by atoms with E-state index >= 15 is 0 Å². The molecule has 0 aliphatic heterocycles. The zero-order valence-corrected chi connectivity index (χ0v) is 11.4. The van der Waals surface area contributed by atoms with Crippen molar-refractivity contribution in [2.45, 2.75) is 26.3 Å². The molecule has 1 aromatic heterocycles. The van der Waals surface area contributed by atoms with Crippen molar-refractivity contribution >= 4 is 11.6 Å². The Balaban J connectivity index is 2.94. The van der Waals surface area contributed by atoms with Crippen LogP contribution in [0.15, 0.2) is 18.3 Å². The van der Waals surface area contributed by atoms with Crippen LogP contribution in [0.1, 0.15) is 31.3 Å². The van der Waals surface area contributed by atoms with E-state index in [4.69, 9.17) is 5.73 Å². The van der Waals surface area contributed by atoms with Crippen LogP contribution in [0.4, 0.5) is 5.69 Å². The molecule has 0 saturated carbocycles. The van der Waals surface area contributed by atoms with Crippen LogP contribution in [0.5, 0.6) is 0 Å². The van der Waals surface area contributed by atoms with Crippen molar-refractivity contribution in [1.29, 1.82) is 0 Å². The van der Waals surface area contributed by atoms with Gasteiger partial charge >= 0.3 is 0 Å². The highest BCUT2D eigenvalue weighted by molar-refractivity contribution is 5.92. The zero-order valence-electron chi connectivity index (χ0n) is 11.4. The minimum atomic E-state index is -0.207. The second kappa shape index (κ2) is 5.82. The van der Waals surface area contributed by atoms with Crippen molar-refractivity contribution in [2.75, 3.05) is 18.9 Å². The zero-order chi connectivity index (χ0) is 13.8. The van der Waals surface area contributed by atoms with Gasteiger partial charge in [0.2, 0.25) is 0 Å². The van der Waals surface area contributed by atoms with Gasteiger partial charge in [-0.25, -0.2) is 0 Å². The number of nitrogens with two attached hydrogens (primary N) is 1. The van der Waals surface area contributed by atoms with Crippen LogP contribution in [-0.2, 0) is 0 Å². The Bertz CT molecular complexity index is 419. The molecule has 5 heteroatoms. The molecule has 4 N–H and O–H groups in total. The van der Waals surface area contributed by atoms with E-state index in [2.05, 4.69) is 36.4 Å². The van der Waals surface area contributed by atoms with Crippen molar-refractivity contribution < 1.29 is 4.79 Å². The number of aromatic nitrogens is 1. The number of nitrogens with one attached hydrogen (secondary N) is 2. The van der Waals surface area contributed by atoms with E-state index in [1.165, 1.54) is 0 Å². The van der Waals surface area contributed by atoms with Crippen molar-refractivity contribution in [3.8, 4) is 0 Å². The smallest absolute Gasteiger partial charge is 0.269 e. The first-order valence-corrected chi connectivity index (χ1v) is 6.09. The summed E-state index contributed by atoms with van der Waals surface area (Å²) < 4.78 is 0. The quantitative estimate of drug-likeness (QED) is 0.734. The summed E-state index contributed by atoms with van der Waals surface area (Å²) in [6, 6.07) is 3.57. The number of amides is 1. The number of rotatable bonds is 5. The van der Waals surface area contributed by atoms with Crippen LogP contribution in [-0.4, -0.2) is 30.0 Å². The van der Waals surface area contributed by atoms with Gasteiger partial charge in [-0.2, -0.15) is 0 Å². The largest absolute Gasteiger partial charge is 0.378 e. The predicted octanol–water partition coefficient (Wildman–Crippen LogP) is 1.23. The topological polar surface area (TPSA) is 80.0 Å². The normalized spacial score (nSPS) is 14.1. The molecule has 1 heterocycles. The molecule has 0 fully saturated rings. The summed E-state index contributed by atoms with van der Waals surface area (Å²) in [6.45, 7) is 6.81. The third kappa shape index (κ3) is 3.20. The molecule has 0 aromatic carbocycles. The van der Waals surface area contributed by atoms with Gasteiger partial charge in [0.15, 0.2) is 0 Å². The number of hydrogen-bond donors (Lipinski definition) is 3. The lowest BCUT2D eigenvalue weighted by atomic mass is 9.88. The summed E-state index contributed by atoms with van der Waals surface area (Å²) in [5.74, 6) is 0.178. The number of carbonyl (C=O) groups is 1. The maximum atomic E-state index is 11.5. The van der Waals surface area contributed by atoms with Gasteiger partial charge in [0.05, 0.1) is 0 Å². The van der Waals surface area contributed by atoms with Gasteiger partial charge in [0, 0.05) is 31.0 Å². The van der Waals surface area contributed by atoms with Crippen LogP contribution < -0.4 is 16.4 Å². The molecular formula is C13H22N4O. The summed E-state index contributed by atoms with van der Waals surface area (Å²) in [5.41, 5.74) is 6.86. The van der Waals surface area contributed by atoms with Crippen molar-refractivity contribution in [1.82, 2.24) is 10.3 Å². The summed E-state index contributed by atoms with van der Waals surface area (Å²) in [6.07, 6.45) is 1.62. The molecule has 0 aliphatic carbocycles. The van der Waals surface area contributed by atoms with E-state index in [-0.39, 0.29) is 11.4 Å². The second-order valence-corrected chi connectivity index (χ2v) is 4.91. The Labute approximate surface area is 108 Å². The summed E-state index contributed by atoms with van der Waals surface area (Å²) in [4.78, 5) is 15.5. The van der Waals surface area contributed by atoms with E-state index in [0.29, 0.717) is 18.2 Å². The van der Waals surface area contributed by atoms with Gasteiger partial charge in [0.1, 0.15) is 5.69 Å². The second-order valence-electron chi connectivity index (χ2n) is 4.91. The molecule has 0 spiro atoms. The Kier molecular flexibility index (Phi) is 4.67. The van der Waals surface area contributed by atoms with E-state index in [0.717, 1.165) is 5.69 Å². The molecule has 0 bridgehead atoms. The minimum Gasteiger partial charge on any atom is -0.378 e. The molecule has 0 radical (unpaired) electrons. The highest BCUT2D eigenvalue weighted by Crippen LogP contribution is 2.22. The van der Waals surface area contributed by atoms with Crippen molar-refractivity contribution in [3.05, 3.63) is 24.0 Å². The average Bonchev–Trinajstić information content (AvgIpc) is 2.37. The molecule has 0 aliphatic rings. The van der Waals surface area contributed by atoms with Gasteiger partial charge in [0.25, 0.3) is 5.91 Å². The highest BCUT2D eigenvalue weighted by atomic mass is 16.1. The Morgan fingerprint density at radius 1 is 1.56 bits per heavy atom. The fourth-order valence-electron chi connectivity index (χ4n) is 1.52. The van der Waals surface area contributed by atoms with Gasteiger partial charge < -0.3 is 16.4 Å². The number of carbonyl (C=O) groups excluding carboxylic acids is 1. The lowest BCUT2D eigenvalue weighted by molar-refractivity contribution is 0.0958. The van der Waals surface area contributed by atoms with E-state index < -0.39 is 0 Å². The Morgan fingerprint density at radius 2 is 2.22 bits per heavy atom. The molecule has 1 amide bonds. The maximum absolute atomic E-state index is 11.5. The summed E-state index contributed by atoms with van der Waals surface area (Å²) in [5, 5.41) is 5.93. The van der Waals surface area contributed by atoms with Crippen LogP contribution in [0, 0.1) is 5.92 Å². The van der Waals surface area contributed by atoms with Gasteiger partial charge in [-0.15, -0.1) is 0 Å². The predicted molar refractivity (Wildman–Crippen MR) is 73.5 cm³/mol. The van der Waals surface area contributed by atoms with E-state index in [1.807, 2.05) is 6.07 Å². The Morgan fingerprint density at radius 3 is 2.72 bits per heavy atom. The fraction of sp³-hybridized carbons (Fsp3) is 0.538. The number of anilines is 1. The molecule has 1 aromatic rings. The molecule has 18 heavy (non-hydrogen) atoms. The van der Waals surface area contributed by atoms with E-state index in [9.17, 15) is 4.79 Å². The van der Waals surface area contributed by atoms with Crippen LogP contribution in [0.3, 0.4) is 0 Å². The van der Waals surface area contributed by atoms with Gasteiger partial charge in [-0.05, 0) is 25.0 Å². The van der Waals surface area contributed by atoms with Gasteiger partial charge in [-0.3, -0.25) is 9.78 Å². The van der Waals surface area contributed by atoms with Crippen LogP contribution in [0.2, 0.25) is 0 Å². The third-order valence-corrected chi connectivity index (χ3v) is 3.35. The van der Waals surface area contributed by atoms with Crippen LogP contribution in [0.25, 0.3) is 0 Å². The standard InChI is InChI=1S/C13H22N4O/c1-9(2)13(3,8-14)17-10-5-6-16-11(7-10)12(18)15-4/h5-7,9H,8,14H2,1-4H3,(H,15,18)(H,16,17). The number of pyridine rings is 1. The number of nitrogens with zero attached hydrogens (tertiary/aromatic N) is 1. The van der Waals surface area contributed by atoms with Crippen LogP contribution >= 0.6 is 0 Å². The van der Waals surface area contributed by atoms with Gasteiger partial charge in [-0.1, -0.05) is 13.8 Å². The number of hydrogen-bond acceptors (Lipinski definition) is 4. The van der Waals surface area contributed by atoms with Crippen molar-refractivity contribution in [3.63, 3.8) is 0 Å². The molecule has 1 unspecified atom stereocenters. The third-order valence-electron chi connectivity index (χ3n) is 3.35. The summed E-state index contributed by atoms with van der Waals surface area (Å²) >= 11 is 0. The lowest BCUT2D eigenvalue weighted by Gasteiger charge is -2.34. The Hall–Kier alpha value is -1.62. The maximum Gasteiger partial charge on any atom is 0.269 e. The fourth-order valence-corrected chi connectivity index (χ4v) is 1.52. The molecule has 1 rings (SSSR count). The minimum absolute atomic E-state index is 0.197. The molecule has 1 atom stereocenters. The average molecular weight is 250 g/mol. The first-order valence-electron chi connectivity index (χ1n) is 6.09. The van der Waals surface area contributed by atoms with Crippen molar-refractivity contribution in [2.24, 2.45) is 11.7 Å². The summed E-state index contributed by atoms with van der Waals surface area (Å²) in [7, 11) is 1.59. The molecule has 5 nitrogen and oxygen atoms in total. The monoisotopic (exact) mass is 250 g/mol. The SMILES string of the molecule is CNC(=O)c1cc(NC(C)(CN)C(C)C)ccn1. The molecule has 0 saturated heterocycles. The lowest BCUT2D eigenvalue weighted by Crippen LogP contribution is -2.47. The molecular weight excluding hydrogens is 228 g/mol. The molecule has 100 valence electrons. The van der Waals surface area contributed by atoms with E-state index in [1.54, 1.807) is 19.3 Å².